The summed E-state index contributed by atoms with van der Waals surface area (Å²) in [4.78, 5) is 0. The van der Waals surface area contributed by atoms with Gasteiger partial charge in [0.05, 0.1) is 0 Å². The SMILES string of the molecule is NCc1ccccc1CC1(F)CC1. The molecule has 1 saturated carbocycles. The van der Waals surface area contributed by atoms with E-state index < -0.39 is 5.67 Å². The molecule has 2 N–H and O–H groups in total. The van der Waals surface area contributed by atoms with E-state index in [9.17, 15) is 4.39 Å². The second-order valence-corrected chi connectivity index (χ2v) is 3.80. The van der Waals surface area contributed by atoms with Crippen molar-refractivity contribution in [2.75, 3.05) is 0 Å². The molecular weight excluding hydrogens is 165 g/mol. The monoisotopic (exact) mass is 179 g/mol. The average Bonchev–Trinajstić information content (AvgIpc) is 2.84. The molecule has 1 nitrogen and oxygen atoms in total. The van der Waals surface area contributed by atoms with Crippen LogP contribution >= 0.6 is 0 Å². The minimum atomic E-state index is -0.911. The molecule has 1 aliphatic carbocycles. The van der Waals surface area contributed by atoms with Gasteiger partial charge in [0.25, 0.3) is 0 Å². The van der Waals surface area contributed by atoms with Gasteiger partial charge in [-0.15, -0.1) is 0 Å². The second-order valence-electron chi connectivity index (χ2n) is 3.80. The number of nitrogens with two attached hydrogens (primary N) is 1. The largest absolute Gasteiger partial charge is 0.326 e. The van der Waals surface area contributed by atoms with Crippen molar-refractivity contribution in [3.05, 3.63) is 35.4 Å². The molecule has 13 heavy (non-hydrogen) atoms. The van der Waals surface area contributed by atoms with Crippen LogP contribution in [0.2, 0.25) is 0 Å². The van der Waals surface area contributed by atoms with Gasteiger partial charge in [-0.2, -0.15) is 0 Å². The van der Waals surface area contributed by atoms with Crippen molar-refractivity contribution in [1.29, 1.82) is 0 Å². The van der Waals surface area contributed by atoms with Crippen LogP contribution in [-0.2, 0) is 13.0 Å². The van der Waals surface area contributed by atoms with Crippen molar-refractivity contribution in [2.45, 2.75) is 31.5 Å². The van der Waals surface area contributed by atoms with Crippen LogP contribution in [0.1, 0.15) is 24.0 Å². The maximum absolute atomic E-state index is 13.5. The Morgan fingerprint density at radius 1 is 1.23 bits per heavy atom. The highest BCUT2D eigenvalue weighted by Crippen LogP contribution is 2.42. The standard InChI is InChI=1S/C11H14FN/c12-11(5-6-11)7-9-3-1-2-4-10(9)8-13/h1-4H,5-8,13H2. The molecule has 70 valence electrons. The van der Waals surface area contributed by atoms with Gasteiger partial charge < -0.3 is 5.73 Å². The summed E-state index contributed by atoms with van der Waals surface area (Å²) in [6.45, 7) is 0.506. The van der Waals surface area contributed by atoms with E-state index in [1.807, 2.05) is 24.3 Å². The lowest BCUT2D eigenvalue weighted by molar-refractivity contribution is 0.307. The van der Waals surface area contributed by atoms with E-state index in [2.05, 4.69) is 0 Å². The zero-order valence-electron chi connectivity index (χ0n) is 7.59. The quantitative estimate of drug-likeness (QED) is 0.756. The molecular formula is C11H14FN. The van der Waals surface area contributed by atoms with E-state index in [0.29, 0.717) is 25.8 Å². The molecule has 1 fully saturated rings. The summed E-state index contributed by atoms with van der Waals surface area (Å²) in [5.74, 6) is 0. The van der Waals surface area contributed by atoms with Crippen LogP contribution in [0.25, 0.3) is 0 Å². The first-order valence-electron chi connectivity index (χ1n) is 4.69. The predicted octanol–water partition coefficient (Wildman–Crippen LogP) is 2.19. The van der Waals surface area contributed by atoms with E-state index in [4.69, 9.17) is 5.73 Å². The molecule has 0 radical (unpaired) electrons. The first-order chi connectivity index (χ1) is 6.23. The van der Waals surface area contributed by atoms with E-state index in [0.717, 1.165) is 11.1 Å². The molecule has 1 aromatic carbocycles. The van der Waals surface area contributed by atoms with Crippen LogP contribution in [0.15, 0.2) is 24.3 Å². The maximum atomic E-state index is 13.5. The molecule has 0 atom stereocenters. The number of hydrogen-bond acceptors (Lipinski definition) is 1. The van der Waals surface area contributed by atoms with Crippen LogP contribution in [0.5, 0.6) is 0 Å². The normalized spacial score (nSPS) is 18.6. The van der Waals surface area contributed by atoms with Crippen molar-refractivity contribution < 1.29 is 4.39 Å². The van der Waals surface area contributed by atoms with Gasteiger partial charge >= 0.3 is 0 Å². The van der Waals surface area contributed by atoms with Crippen LogP contribution in [0, 0.1) is 0 Å². The Hall–Kier alpha value is -0.890. The Labute approximate surface area is 77.8 Å². The zero-order valence-corrected chi connectivity index (χ0v) is 7.59. The minimum absolute atomic E-state index is 0.506. The first-order valence-corrected chi connectivity index (χ1v) is 4.69. The van der Waals surface area contributed by atoms with E-state index in [-0.39, 0.29) is 0 Å². The zero-order chi connectivity index (χ0) is 9.31. The van der Waals surface area contributed by atoms with Gasteiger partial charge in [0.15, 0.2) is 0 Å². The molecule has 0 saturated heterocycles. The van der Waals surface area contributed by atoms with Crippen LogP contribution in [-0.4, -0.2) is 5.67 Å². The third-order valence-electron chi connectivity index (χ3n) is 2.64. The van der Waals surface area contributed by atoms with Gasteiger partial charge in [-0.1, -0.05) is 24.3 Å². The Kier molecular flexibility index (Phi) is 2.08. The lowest BCUT2D eigenvalue weighted by Gasteiger charge is -2.09. The summed E-state index contributed by atoms with van der Waals surface area (Å²) in [6, 6.07) is 7.84. The van der Waals surface area contributed by atoms with E-state index >= 15 is 0 Å². The number of benzene rings is 1. The molecule has 0 unspecified atom stereocenters. The molecule has 1 aliphatic rings. The molecule has 0 amide bonds. The summed E-state index contributed by atoms with van der Waals surface area (Å²) in [5, 5.41) is 0. The highest BCUT2D eigenvalue weighted by molar-refractivity contribution is 5.29. The molecule has 1 aromatic rings. The van der Waals surface area contributed by atoms with Crippen LogP contribution in [0.4, 0.5) is 4.39 Å². The number of halogens is 1. The average molecular weight is 179 g/mol. The Morgan fingerprint density at radius 2 is 1.85 bits per heavy atom. The van der Waals surface area contributed by atoms with Crippen LogP contribution < -0.4 is 5.73 Å². The maximum Gasteiger partial charge on any atom is 0.115 e. The van der Waals surface area contributed by atoms with Gasteiger partial charge in [0, 0.05) is 13.0 Å². The Bertz CT molecular complexity index is 305. The third kappa shape index (κ3) is 1.89. The number of hydrogen-bond donors (Lipinski definition) is 1. The molecule has 0 aliphatic heterocycles. The molecule has 0 heterocycles. The highest BCUT2D eigenvalue weighted by atomic mass is 19.1. The lowest BCUT2D eigenvalue weighted by atomic mass is 10.0. The summed E-state index contributed by atoms with van der Waals surface area (Å²) >= 11 is 0. The van der Waals surface area contributed by atoms with E-state index in [1.54, 1.807) is 0 Å². The van der Waals surface area contributed by atoms with Gasteiger partial charge in [0.2, 0.25) is 0 Å². The van der Waals surface area contributed by atoms with Gasteiger partial charge in [-0.3, -0.25) is 0 Å². The number of alkyl halides is 1. The predicted molar refractivity (Wildman–Crippen MR) is 51.1 cm³/mol. The summed E-state index contributed by atoms with van der Waals surface area (Å²) in [7, 11) is 0. The Morgan fingerprint density at radius 3 is 2.38 bits per heavy atom. The fourth-order valence-electron chi connectivity index (χ4n) is 1.58. The lowest BCUT2D eigenvalue weighted by Crippen LogP contribution is -2.09. The molecule has 0 spiro atoms. The van der Waals surface area contributed by atoms with Crippen molar-refractivity contribution in [2.24, 2.45) is 5.73 Å². The van der Waals surface area contributed by atoms with Gasteiger partial charge in [-0.25, -0.2) is 4.39 Å². The van der Waals surface area contributed by atoms with Gasteiger partial charge in [0.1, 0.15) is 5.67 Å². The topological polar surface area (TPSA) is 26.0 Å². The minimum Gasteiger partial charge on any atom is -0.326 e. The van der Waals surface area contributed by atoms with Crippen LogP contribution in [0.3, 0.4) is 0 Å². The molecule has 0 bridgehead atoms. The molecule has 0 aromatic heterocycles. The summed E-state index contributed by atoms with van der Waals surface area (Å²) in [5.41, 5.74) is 6.81. The smallest absolute Gasteiger partial charge is 0.115 e. The van der Waals surface area contributed by atoms with Crippen molar-refractivity contribution in [3.63, 3.8) is 0 Å². The van der Waals surface area contributed by atoms with Crippen molar-refractivity contribution in [3.8, 4) is 0 Å². The summed E-state index contributed by atoms with van der Waals surface area (Å²) < 4.78 is 13.5. The van der Waals surface area contributed by atoms with Crippen molar-refractivity contribution in [1.82, 2.24) is 0 Å². The van der Waals surface area contributed by atoms with Gasteiger partial charge in [-0.05, 0) is 24.0 Å². The fourth-order valence-corrected chi connectivity index (χ4v) is 1.58. The third-order valence-corrected chi connectivity index (χ3v) is 2.64. The summed E-state index contributed by atoms with van der Waals surface area (Å²) in [6.07, 6.45) is 1.97. The van der Waals surface area contributed by atoms with E-state index in [1.165, 1.54) is 0 Å². The first kappa shape index (κ1) is 8.70. The second kappa shape index (κ2) is 3.11. The number of rotatable bonds is 3. The van der Waals surface area contributed by atoms with Crippen molar-refractivity contribution >= 4 is 0 Å². The molecule has 2 heteroatoms. The fraction of sp³-hybridized carbons (Fsp3) is 0.455. The highest BCUT2D eigenvalue weighted by Gasteiger charge is 2.43. The molecule has 2 rings (SSSR count). The Balaban J connectivity index is 2.18.